The molecule has 7 heteroatoms. The number of hydrogen-bond acceptors (Lipinski definition) is 3. The maximum Gasteiger partial charge on any atom is 0.315 e. The molecule has 1 heterocycles. The lowest BCUT2D eigenvalue weighted by atomic mass is 10.1. The van der Waals surface area contributed by atoms with E-state index in [0.717, 1.165) is 12.0 Å². The summed E-state index contributed by atoms with van der Waals surface area (Å²) >= 11 is 0. The summed E-state index contributed by atoms with van der Waals surface area (Å²) in [4.78, 5) is 12.0. The van der Waals surface area contributed by atoms with Crippen LogP contribution >= 0.6 is 0 Å². The van der Waals surface area contributed by atoms with Gasteiger partial charge in [0.1, 0.15) is 11.5 Å². The Balaban J connectivity index is 2.03. The molecular formula is C18H25FN4O2. The van der Waals surface area contributed by atoms with Crippen molar-refractivity contribution in [1.82, 2.24) is 20.4 Å². The number of urea groups is 1. The van der Waals surface area contributed by atoms with Gasteiger partial charge in [-0.2, -0.15) is 5.10 Å². The summed E-state index contributed by atoms with van der Waals surface area (Å²) in [5, 5.41) is 18.7. The summed E-state index contributed by atoms with van der Waals surface area (Å²) in [7, 11) is 0. The number of nitrogens with one attached hydrogen (secondary N) is 2. The summed E-state index contributed by atoms with van der Waals surface area (Å²) < 4.78 is 15.9. The van der Waals surface area contributed by atoms with Crippen molar-refractivity contribution in [3.63, 3.8) is 0 Å². The molecule has 2 amide bonds. The first-order chi connectivity index (χ1) is 11.9. The number of aryl methyl sites for hydroxylation is 1. The van der Waals surface area contributed by atoms with E-state index in [1.807, 2.05) is 13.8 Å². The van der Waals surface area contributed by atoms with Crippen LogP contribution in [0.1, 0.15) is 43.9 Å². The van der Waals surface area contributed by atoms with Crippen molar-refractivity contribution in [3.05, 3.63) is 47.5 Å². The van der Waals surface area contributed by atoms with Crippen LogP contribution in [0.3, 0.4) is 0 Å². The molecule has 0 spiro atoms. The number of aromatic nitrogens is 2. The summed E-state index contributed by atoms with van der Waals surface area (Å²) in [6, 6.07) is 4.05. The third-order valence-corrected chi connectivity index (χ3v) is 4.08. The average molecular weight is 348 g/mol. The van der Waals surface area contributed by atoms with Crippen LogP contribution in [0.5, 0.6) is 0 Å². The second kappa shape index (κ2) is 8.62. The Labute approximate surface area is 147 Å². The fourth-order valence-electron chi connectivity index (χ4n) is 2.56. The SMILES string of the molecule is CCC(CCO)NC(=O)NC(C)c1ccc(-n2cc(C)cn2)c(F)c1. The smallest absolute Gasteiger partial charge is 0.315 e. The maximum atomic E-state index is 14.4. The second-order valence-corrected chi connectivity index (χ2v) is 6.13. The Morgan fingerprint density at radius 3 is 2.72 bits per heavy atom. The first-order valence-corrected chi connectivity index (χ1v) is 8.43. The van der Waals surface area contributed by atoms with Crippen molar-refractivity contribution in [2.45, 2.75) is 45.7 Å². The maximum absolute atomic E-state index is 14.4. The summed E-state index contributed by atoms with van der Waals surface area (Å²) in [6.07, 6.45) is 4.65. The molecule has 1 aromatic heterocycles. The number of halogens is 1. The highest BCUT2D eigenvalue weighted by Gasteiger charge is 2.15. The number of amides is 2. The molecule has 0 aliphatic rings. The molecule has 1 aromatic carbocycles. The first kappa shape index (κ1) is 18.9. The normalized spacial score (nSPS) is 13.3. The number of hydrogen-bond donors (Lipinski definition) is 3. The van der Waals surface area contributed by atoms with Crippen LogP contribution in [0, 0.1) is 12.7 Å². The van der Waals surface area contributed by atoms with Crippen LogP contribution in [0.4, 0.5) is 9.18 Å². The molecule has 25 heavy (non-hydrogen) atoms. The molecule has 3 N–H and O–H groups in total. The van der Waals surface area contributed by atoms with Crippen LogP contribution in [-0.2, 0) is 0 Å². The second-order valence-electron chi connectivity index (χ2n) is 6.13. The Morgan fingerprint density at radius 2 is 2.16 bits per heavy atom. The van der Waals surface area contributed by atoms with Gasteiger partial charge >= 0.3 is 6.03 Å². The van der Waals surface area contributed by atoms with Crippen molar-refractivity contribution < 1.29 is 14.3 Å². The fourth-order valence-corrected chi connectivity index (χ4v) is 2.56. The largest absolute Gasteiger partial charge is 0.396 e. The van der Waals surface area contributed by atoms with Crippen molar-refractivity contribution in [2.24, 2.45) is 0 Å². The van der Waals surface area contributed by atoms with Gasteiger partial charge in [-0.15, -0.1) is 0 Å². The predicted molar refractivity (Wildman–Crippen MR) is 94.1 cm³/mol. The van der Waals surface area contributed by atoms with E-state index in [1.165, 1.54) is 10.7 Å². The third-order valence-electron chi connectivity index (χ3n) is 4.08. The molecule has 0 saturated heterocycles. The molecule has 2 aromatic rings. The van der Waals surface area contributed by atoms with E-state index in [4.69, 9.17) is 5.11 Å². The van der Waals surface area contributed by atoms with E-state index in [1.54, 1.807) is 31.5 Å². The number of nitrogens with zero attached hydrogens (tertiary/aromatic N) is 2. The number of aliphatic hydroxyl groups is 1. The number of carbonyl (C=O) groups excluding carboxylic acids is 1. The molecule has 0 radical (unpaired) electrons. The van der Waals surface area contributed by atoms with Crippen molar-refractivity contribution >= 4 is 6.03 Å². The highest BCUT2D eigenvalue weighted by atomic mass is 19.1. The zero-order valence-electron chi connectivity index (χ0n) is 14.8. The minimum Gasteiger partial charge on any atom is -0.396 e. The van der Waals surface area contributed by atoms with E-state index in [9.17, 15) is 9.18 Å². The fraction of sp³-hybridized carbons (Fsp3) is 0.444. The number of benzene rings is 1. The van der Waals surface area contributed by atoms with Gasteiger partial charge in [0.25, 0.3) is 0 Å². The Morgan fingerprint density at radius 1 is 1.40 bits per heavy atom. The van der Waals surface area contributed by atoms with Crippen LogP contribution in [0.25, 0.3) is 5.69 Å². The van der Waals surface area contributed by atoms with E-state index < -0.39 is 5.82 Å². The van der Waals surface area contributed by atoms with Crippen LogP contribution < -0.4 is 10.6 Å². The highest BCUT2D eigenvalue weighted by Crippen LogP contribution is 2.19. The van der Waals surface area contributed by atoms with Gasteiger partial charge in [-0.1, -0.05) is 13.0 Å². The Bertz CT molecular complexity index is 717. The van der Waals surface area contributed by atoms with Crippen molar-refractivity contribution in [3.8, 4) is 5.69 Å². The third kappa shape index (κ3) is 5.03. The molecule has 0 aliphatic carbocycles. The summed E-state index contributed by atoms with van der Waals surface area (Å²) in [5.74, 6) is -0.402. The van der Waals surface area contributed by atoms with E-state index in [-0.39, 0.29) is 24.7 Å². The Hall–Kier alpha value is -2.41. The topological polar surface area (TPSA) is 79.2 Å². The molecular weight excluding hydrogens is 323 g/mol. The number of carbonyl (C=O) groups is 1. The molecule has 0 saturated carbocycles. The average Bonchev–Trinajstić information content (AvgIpc) is 3.00. The zero-order valence-corrected chi connectivity index (χ0v) is 14.8. The van der Waals surface area contributed by atoms with Gasteiger partial charge in [0.05, 0.1) is 12.2 Å². The van der Waals surface area contributed by atoms with Gasteiger partial charge in [0.15, 0.2) is 0 Å². The van der Waals surface area contributed by atoms with Gasteiger partial charge in [-0.3, -0.25) is 0 Å². The summed E-state index contributed by atoms with van der Waals surface area (Å²) in [6.45, 7) is 5.64. The molecule has 6 nitrogen and oxygen atoms in total. The lowest BCUT2D eigenvalue weighted by Gasteiger charge is -2.20. The minimum atomic E-state index is -0.402. The number of rotatable bonds is 7. The van der Waals surface area contributed by atoms with Gasteiger partial charge in [-0.05, 0) is 49.9 Å². The lowest BCUT2D eigenvalue weighted by molar-refractivity contribution is 0.225. The predicted octanol–water partition coefficient (Wildman–Crippen LogP) is 2.84. The molecule has 136 valence electrons. The molecule has 2 unspecified atom stereocenters. The standard InChI is InChI=1S/C18H25FN4O2/c1-4-15(7-8-24)22-18(25)21-13(3)14-5-6-17(16(19)9-14)23-11-12(2)10-20-23/h5-6,9-11,13,15,24H,4,7-8H2,1-3H3,(H2,21,22,25). The molecule has 0 fully saturated rings. The van der Waals surface area contributed by atoms with Gasteiger partial charge in [0.2, 0.25) is 0 Å². The van der Waals surface area contributed by atoms with Gasteiger partial charge in [0, 0.05) is 18.8 Å². The van der Waals surface area contributed by atoms with Crippen molar-refractivity contribution in [1.29, 1.82) is 0 Å². The molecule has 2 atom stereocenters. The molecule has 0 bridgehead atoms. The van der Waals surface area contributed by atoms with Crippen LogP contribution in [0.2, 0.25) is 0 Å². The minimum absolute atomic E-state index is 0.0217. The van der Waals surface area contributed by atoms with Crippen LogP contribution in [-0.4, -0.2) is 33.6 Å². The lowest BCUT2D eigenvalue weighted by Crippen LogP contribution is -2.43. The van der Waals surface area contributed by atoms with Crippen LogP contribution in [0.15, 0.2) is 30.6 Å². The van der Waals surface area contributed by atoms with Gasteiger partial charge in [-0.25, -0.2) is 13.9 Å². The Kier molecular flexibility index (Phi) is 6.52. The van der Waals surface area contributed by atoms with E-state index >= 15 is 0 Å². The van der Waals surface area contributed by atoms with Gasteiger partial charge < -0.3 is 15.7 Å². The molecule has 0 aliphatic heterocycles. The molecule has 2 rings (SSSR count). The monoisotopic (exact) mass is 348 g/mol. The first-order valence-electron chi connectivity index (χ1n) is 8.43. The van der Waals surface area contributed by atoms with E-state index in [2.05, 4.69) is 15.7 Å². The number of aliphatic hydroxyl groups excluding tert-OH is 1. The highest BCUT2D eigenvalue weighted by molar-refractivity contribution is 5.74. The summed E-state index contributed by atoms with van der Waals surface area (Å²) in [5.41, 5.74) is 1.97. The van der Waals surface area contributed by atoms with Crippen molar-refractivity contribution in [2.75, 3.05) is 6.61 Å². The quantitative estimate of drug-likeness (QED) is 0.720. The van der Waals surface area contributed by atoms with E-state index in [0.29, 0.717) is 17.7 Å². The zero-order chi connectivity index (χ0) is 18.4.